The van der Waals surface area contributed by atoms with Gasteiger partial charge in [0, 0.05) is 35.7 Å². The van der Waals surface area contributed by atoms with Crippen LogP contribution in [-0.4, -0.2) is 94.5 Å². The Kier molecular flexibility index (Phi) is 6.35. The number of aliphatic carboxylic acids is 1. The lowest BCUT2D eigenvalue weighted by atomic mass is 9.79. The lowest BCUT2D eigenvalue weighted by Gasteiger charge is -2.46. The Hall–Kier alpha value is -1.62. The van der Waals surface area contributed by atoms with E-state index in [-0.39, 0.29) is 40.8 Å². The Morgan fingerprint density at radius 1 is 1.39 bits per heavy atom. The zero-order chi connectivity index (χ0) is 22.4. The predicted octanol–water partition coefficient (Wildman–Crippen LogP) is -0.328. The lowest BCUT2D eigenvalue weighted by Crippen LogP contribution is -2.63. The van der Waals surface area contributed by atoms with E-state index in [9.17, 15) is 24.6 Å². The molecular weight excluding hydrogens is 420 g/mol. The maximum atomic E-state index is 12.9. The topological polar surface area (TPSA) is 122 Å². The SMILES string of the molecule is CNC[C@@H]1CCN(C(=O)[C@@H]2C[C@H](SC3=C(C(=O)O)N4C(=O)[C@H]([C@@H](C)O)[C@H]4[C@H]3C)CN2)C1. The minimum Gasteiger partial charge on any atom is -0.477 e. The molecule has 10 heteroatoms. The maximum absolute atomic E-state index is 12.9. The molecular formula is C21H32N4O5S. The van der Waals surface area contributed by atoms with Gasteiger partial charge in [0.25, 0.3) is 0 Å². The molecule has 9 nitrogen and oxygen atoms in total. The Bertz CT molecular complexity index is 803. The summed E-state index contributed by atoms with van der Waals surface area (Å²) in [5, 5.41) is 26.3. The van der Waals surface area contributed by atoms with E-state index in [1.165, 1.54) is 16.7 Å². The molecule has 0 aromatic heterocycles. The van der Waals surface area contributed by atoms with Gasteiger partial charge in [0.1, 0.15) is 5.70 Å². The van der Waals surface area contributed by atoms with Gasteiger partial charge in [0.15, 0.2) is 0 Å². The normalized spacial score (nSPS) is 36.1. The van der Waals surface area contributed by atoms with Gasteiger partial charge in [-0.25, -0.2) is 4.79 Å². The van der Waals surface area contributed by atoms with Gasteiger partial charge in [-0.05, 0) is 39.3 Å². The first-order valence-electron chi connectivity index (χ1n) is 11.1. The number of hydrogen-bond acceptors (Lipinski definition) is 7. The van der Waals surface area contributed by atoms with Crippen LogP contribution in [0.15, 0.2) is 10.6 Å². The van der Waals surface area contributed by atoms with Crippen LogP contribution in [0.1, 0.15) is 26.7 Å². The van der Waals surface area contributed by atoms with Crippen LogP contribution >= 0.6 is 11.8 Å². The Morgan fingerprint density at radius 2 is 2.13 bits per heavy atom. The molecule has 4 N–H and O–H groups in total. The van der Waals surface area contributed by atoms with Crippen molar-refractivity contribution in [3.05, 3.63) is 10.6 Å². The number of fused-ring (bicyclic) bond motifs is 1. The van der Waals surface area contributed by atoms with Crippen molar-refractivity contribution in [1.29, 1.82) is 0 Å². The van der Waals surface area contributed by atoms with Gasteiger partial charge in [0.05, 0.1) is 24.1 Å². The molecule has 3 fully saturated rings. The van der Waals surface area contributed by atoms with Crippen LogP contribution in [-0.2, 0) is 14.4 Å². The first-order valence-corrected chi connectivity index (χ1v) is 11.9. The van der Waals surface area contributed by atoms with Gasteiger partial charge in [-0.3, -0.25) is 9.59 Å². The van der Waals surface area contributed by atoms with Crippen molar-refractivity contribution in [3.8, 4) is 0 Å². The lowest BCUT2D eigenvalue weighted by molar-refractivity contribution is -0.163. The Balaban J connectivity index is 1.41. The van der Waals surface area contributed by atoms with E-state index in [1.54, 1.807) is 6.92 Å². The zero-order valence-corrected chi connectivity index (χ0v) is 19.0. The van der Waals surface area contributed by atoms with Crippen LogP contribution in [0.4, 0.5) is 0 Å². The van der Waals surface area contributed by atoms with Crippen molar-refractivity contribution in [1.82, 2.24) is 20.4 Å². The van der Waals surface area contributed by atoms with Gasteiger partial charge in [-0.15, -0.1) is 11.8 Å². The van der Waals surface area contributed by atoms with Gasteiger partial charge < -0.3 is 30.6 Å². The number of rotatable bonds is 7. The van der Waals surface area contributed by atoms with Crippen molar-refractivity contribution in [2.75, 3.05) is 33.2 Å². The number of carbonyl (C=O) groups is 3. The monoisotopic (exact) mass is 452 g/mol. The summed E-state index contributed by atoms with van der Waals surface area (Å²) in [6.07, 6.45) is 0.843. The van der Waals surface area contributed by atoms with Crippen LogP contribution < -0.4 is 10.6 Å². The van der Waals surface area contributed by atoms with Crippen molar-refractivity contribution in [3.63, 3.8) is 0 Å². The molecule has 0 spiro atoms. The summed E-state index contributed by atoms with van der Waals surface area (Å²) in [4.78, 5) is 41.4. The number of carboxylic acid groups (broad SMARTS) is 1. The summed E-state index contributed by atoms with van der Waals surface area (Å²) >= 11 is 1.48. The molecule has 31 heavy (non-hydrogen) atoms. The van der Waals surface area contributed by atoms with Crippen LogP contribution in [0.5, 0.6) is 0 Å². The predicted molar refractivity (Wildman–Crippen MR) is 116 cm³/mol. The molecule has 4 heterocycles. The largest absolute Gasteiger partial charge is 0.477 e. The number of amides is 2. The number of carboxylic acids is 1. The van der Waals surface area contributed by atoms with E-state index < -0.39 is 18.0 Å². The molecule has 0 aromatic carbocycles. The quantitative estimate of drug-likeness (QED) is 0.388. The number of β-lactam (4-membered cyclic amide) rings is 1. The van der Waals surface area contributed by atoms with E-state index in [4.69, 9.17) is 0 Å². The number of nitrogens with zero attached hydrogens (tertiary/aromatic N) is 2. The van der Waals surface area contributed by atoms with Crippen LogP contribution in [0.2, 0.25) is 0 Å². The number of aliphatic hydroxyl groups is 1. The molecule has 172 valence electrons. The fourth-order valence-corrected chi connectivity index (χ4v) is 7.03. The standard InChI is InChI=1S/C21H32N4O5S/c1-10-16-15(11(2)26)20(28)25(16)17(21(29)30)18(10)31-13-6-14(23-8-13)19(27)24-5-4-12(9-24)7-22-3/h10-16,22-23,26H,4-9H2,1-3H3,(H,29,30)/t10-,11-,12+,13+,14+,15-,16-/m1/s1. The molecule has 7 atom stereocenters. The Morgan fingerprint density at radius 3 is 2.77 bits per heavy atom. The zero-order valence-electron chi connectivity index (χ0n) is 18.2. The van der Waals surface area contributed by atoms with Crippen molar-refractivity contribution in [2.45, 2.75) is 50.1 Å². The minimum absolute atomic E-state index is 0.0497. The molecule has 0 bridgehead atoms. The van der Waals surface area contributed by atoms with Crippen molar-refractivity contribution in [2.24, 2.45) is 17.8 Å². The van der Waals surface area contributed by atoms with Gasteiger partial charge in [-0.1, -0.05) is 6.92 Å². The van der Waals surface area contributed by atoms with Gasteiger partial charge >= 0.3 is 5.97 Å². The van der Waals surface area contributed by atoms with Crippen molar-refractivity contribution >= 4 is 29.5 Å². The minimum atomic E-state index is -1.11. The summed E-state index contributed by atoms with van der Waals surface area (Å²) in [6.45, 7) is 6.60. The van der Waals surface area contributed by atoms with E-state index in [2.05, 4.69) is 10.6 Å². The highest BCUT2D eigenvalue weighted by molar-refractivity contribution is 8.03. The summed E-state index contributed by atoms with van der Waals surface area (Å²) in [7, 11) is 1.93. The van der Waals surface area contributed by atoms with E-state index >= 15 is 0 Å². The van der Waals surface area contributed by atoms with Crippen LogP contribution in [0.25, 0.3) is 0 Å². The van der Waals surface area contributed by atoms with E-state index in [0.717, 1.165) is 26.1 Å². The highest BCUT2D eigenvalue weighted by atomic mass is 32.2. The molecule has 0 aliphatic carbocycles. The molecule has 0 unspecified atom stereocenters. The molecule has 0 radical (unpaired) electrons. The fraction of sp³-hybridized carbons (Fsp3) is 0.762. The third kappa shape index (κ3) is 3.88. The van der Waals surface area contributed by atoms with E-state index in [0.29, 0.717) is 23.8 Å². The first-order chi connectivity index (χ1) is 14.7. The molecule has 4 aliphatic heterocycles. The number of hydrogen-bond donors (Lipinski definition) is 4. The molecule has 4 rings (SSSR count). The summed E-state index contributed by atoms with van der Waals surface area (Å²) in [5.74, 6) is -1.51. The third-order valence-corrected chi connectivity index (χ3v) is 8.60. The first kappa shape index (κ1) is 22.6. The number of aliphatic hydroxyl groups excluding tert-OH is 1. The fourth-order valence-electron chi connectivity index (χ4n) is 5.55. The highest BCUT2D eigenvalue weighted by Crippen LogP contribution is 2.51. The molecule has 2 amide bonds. The average molecular weight is 453 g/mol. The maximum Gasteiger partial charge on any atom is 0.353 e. The second-order valence-electron chi connectivity index (χ2n) is 9.20. The van der Waals surface area contributed by atoms with Crippen LogP contribution in [0.3, 0.4) is 0 Å². The van der Waals surface area contributed by atoms with Crippen molar-refractivity contribution < 1.29 is 24.6 Å². The summed E-state index contributed by atoms with van der Waals surface area (Å²) in [6, 6.07) is -0.554. The molecule has 0 aromatic rings. The second-order valence-corrected chi connectivity index (χ2v) is 10.5. The number of thioether (sulfide) groups is 1. The second kappa shape index (κ2) is 8.73. The third-order valence-electron chi connectivity index (χ3n) is 7.08. The highest BCUT2D eigenvalue weighted by Gasteiger charge is 2.60. The summed E-state index contributed by atoms with van der Waals surface area (Å²) < 4.78 is 0. The molecule has 0 saturated carbocycles. The number of nitrogens with one attached hydrogen (secondary N) is 2. The average Bonchev–Trinajstić information content (AvgIpc) is 3.41. The smallest absolute Gasteiger partial charge is 0.353 e. The Labute approximate surface area is 186 Å². The van der Waals surface area contributed by atoms with E-state index in [1.807, 2.05) is 18.9 Å². The van der Waals surface area contributed by atoms with Gasteiger partial charge in [0.2, 0.25) is 11.8 Å². The number of carbonyl (C=O) groups excluding carboxylic acids is 2. The molecule has 3 saturated heterocycles. The molecule has 4 aliphatic rings. The summed E-state index contributed by atoms with van der Waals surface area (Å²) in [5.41, 5.74) is 0.0497. The van der Waals surface area contributed by atoms with Gasteiger partial charge in [-0.2, -0.15) is 0 Å². The number of likely N-dealkylation sites (tertiary alicyclic amines) is 1. The van der Waals surface area contributed by atoms with Crippen LogP contribution in [0, 0.1) is 17.8 Å².